The Morgan fingerprint density at radius 1 is 1.45 bits per heavy atom. The third kappa shape index (κ3) is 3.03. The minimum atomic E-state index is 0.439. The van der Waals surface area contributed by atoms with Crippen molar-refractivity contribution in [1.29, 1.82) is 0 Å². The Morgan fingerprint density at radius 2 is 2.32 bits per heavy atom. The highest BCUT2D eigenvalue weighted by Gasteiger charge is 2.09. The van der Waals surface area contributed by atoms with E-state index in [2.05, 4.69) is 31.2 Å². The SMILES string of the molecule is COc1ccc(Br)cc1/C=N/n1c(-c2cccs2)n[nH]c1=S. The summed E-state index contributed by atoms with van der Waals surface area (Å²) in [7, 11) is 1.63. The molecule has 2 aromatic heterocycles. The van der Waals surface area contributed by atoms with Gasteiger partial charge in [-0.05, 0) is 41.9 Å². The van der Waals surface area contributed by atoms with Gasteiger partial charge < -0.3 is 4.74 Å². The first kappa shape index (κ1) is 15.1. The van der Waals surface area contributed by atoms with Crippen molar-refractivity contribution in [2.75, 3.05) is 7.11 Å². The predicted octanol–water partition coefficient (Wildman–Crippen LogP) is 4.32. The fraction of sp³-hybridized carbons (Fsp3) is 0.0714. The molecule has 0 saturated carbocycles. The van der Waals surface area contributed by atoms with Crippen LogP contribution in [0.3, 0.4) is 0 Å². The van der Waals surface area contributed by atoms with E-state index in [4.69, 9.17) is 17.0 Å². The molecule has 0 saturated heterocycles. The van der Waals surface area contributed by atoms with Crippen LogP contribution in [0.15, 0.2) is 45.3 Å². The number of H-pyrrole nitrogens is 1. The number of aromatic amines is 1. The van der Waals surface area contributed by atoms with Crippen LogP contribution in [0.2, 0.25) is 0 Å². The van der Waals surface area contributed by atoms with Gasteiger partial charge >= 0.3 is 0 Å². The second-order valence-corrected chi connectivity index (χ2v) is 6.52. The van der Waals surface area contributed by atoms with Gasteiger partial charge in [0.25, 0.3) is 0 Å². The van der Waals surface area contributed by atoms with Gasteiger partial charge in [0.1, 0.15) is 5.75 Å². The molecule has 22 heavy (non-hydrogen) atoms. The number of halogens is 1. The number of aromatic nitrogens is 3. The molecule has 0 radical (unpaired) electrons. The molecule has 8 heteroatoms. The Hall–Kier alpha value is -1.77. The minimum Gasteiger partial charge on any atom is -0.496 e. The molecule has 1 aromatic carbocycles. The Morgan fingerprint density at radius 3 is 3.05 bits per heavy atom. The van der Waals surface area contributed by atoms with Gasteiger partial charge in [0, 0.05) is 10.0 Å². The molecule has 3 rings (SSSR count). The maximum atomic E-state index is 5.33. The van der Waals surface area contributed by atoms with Gasteiger partial charge in [0.15, 0.2) is 5.82 Å². The van der Waals surface area contributed by atoms with Crippen LogP contribution in [0.4, 0.5) is 0 Å². The number of benzene rings is 1. The van der Waals surface area contributed by atoms with E-state index in [-0.39, 0.29) is 0 Å². The normalized spacial score (nSPS) is 11.2. The van der Waals surface area contributed by atoms with Gasteiger partial charge in [-0.2, -0.15) is 14.9 Å². The second-order valence-electron chi connectivity index (χ2n) is 4.27. The number of thiophene rings is 1. The van der Waals surface area contributed by atoms with Crippen molar-refractivity contribution >= 4 is 45.7 Å². The highest BCUT2D eigenvalue weighted by Crippen LogP contribution is 2.24. The first-order valence-electron chi connectivity index (χ1n) is 6.28. The molecule has 0 aliphatic carbocycles. The molecule has 5 nitrogen and oxygen atoms in total. The summed E-state index contributed by atoms with van der Waals surface area (Å²) in [6.45, 7) is 0. The van der Waals surface area contributed by atoms with Gasteiger partial charge in [0.05, 0.1) is 18.2 Å². The lowest BCUT2D eigenvalue weighted by atomic mass is 10.2. The number of hydrogen-bond donors (Lipinski definition) is 1. The number of hydrogen-bond acceptors (Lipinski definition) is 5. The van der Waals surface area contributed by atoms with E-state index in [9.17, 15) is 0 Å². The lowest BCUT2D eigenvalue weighted by Crippen LogP contribution is -1.96. The molecule has 3 aromatic rings. The molecular formula is C14H11BrN4OS2. The monoisotopic (exact) mass is 394 g/mol. The molecule has 2 heterocycles. The van der Waals surface area contributed by atoms with Crippen molar-refractivity contribution in [3.8, 4) is 16.5 Å². The van der Waals surface area contributed by atoms with Crippen molar-refractivity contribution in [2.45, 2.75) is 0 Å². The predicted molar refractivity (Wildman–Crippen MR) is 94.4 cm³/mol. The number of nitrogens with zero attached hydrogens (tertiary/aromatic N) is 3. The van der Waals surface area contributed by atoms with E-state index in [0.717, 1.165) is 20.7 Å². The maximum Gasteiger partial charge on any atom is 0.216 e. The summed E-state index contributed by atoms with van der Waals surface area (Å²) in [5.41, 5.74) is 0.845. The molecule has 0 aliphatic heterocycles. The molecule has 0 fully saturated rings. The Bertz CT molecular complexity index is 867. The van der Waals surface area contributed by atoms with E-state index >= 15 is 0 Å². The average Bonchev–Trinajstić information content (AvgIpc) is 3.15. The smallest absolute Gasteiger partial charge is 0.216 e. The van der Waals surface area contributed by atoms with Gasteiger partial charge in [-0.15, -0.1) is 11.3 Å². The number of rotatable bonds is 4. The number of ether oxygens (including phenoxy) is 1. The van der Waals surface area contributed by atoms with Gasteiger partial charge in [-0.3, -0.25) is 0 Å². The van der Waals surface area contributed by atoms with Crippen molar-refractivity contribution < 1.29 is 4.74 Å². The third-order valence-corrected chi connectivity index (χ3v) is 4.52. The summed E-state index contributed by atoms with van der Waals surface area (Å²) in [5.74, 6) is 1.42. The quantitative estimate of drug-likeness (QED) is 0.529. The van der Waals surface area contributed by atoms with Crippen molar-refractivity contribution in [3.63, 3.8) is 0 Å². The topological polar surface area (TPSA) is 55.2 Å². The van der Waals surface area contributed by atoms with E-state index in [0.29, 0.717) is 10.6 Å². The van der Waals surface area contributed by atoms with Crippen molar-refractivity contribution in [2.24, 2.45) is 5.10 Å². The minimum absolute atomic E-state index is 0.439. The zero-order valence-corrected chi connectivity index (χ0v) is 14.7. The molecule has 0 unspecified atom stereocenters. The van der Waals surface area contributed by atoms with Gasteiger partial charge in [0.2, 0.25) is 4.77 Å². The molecule has 0 aliphatic rings. The van der Waals surface area contributed by atoms with Crippen LogP contribution in [0.5, 0.6) is 5.75 Å². The molecule has 0 bridgehead atoms. The number of methoxy groups -OCH3 is 1. The first-order chi connectivity index (χ1) is 10.7. The van der Waals surface area contributed by atoms with Gasteiger partial charge in [-0.25, -0.2) is 5.10 Å². The van der Waals surface area contributed by atoms with Crippen molar-refractivity contribution in [1.82, 2.24) is 14.9 Å². The van der Waals surface area contributed by atoms with E-state index in [1.165, 1.54) is 0 Å². The summed E-state index contributed by atoms with van der Waals surface area (Å²) >= 11 is 10.3. The van der Waals surface area contributed by atoms with Crippen LogP contribution in [-0.4, -0.2) is 28.2 Å². The zero-order chi connectivity index (χ0) is 15.5. The maximum absolute atomic E-state index is 5.33. The van der Waals surface area contributed by atoms with E-state index in [1.54, 1.807) is 29.3 Å². The third-order valence-electron chi connectivity index (χ3n) is 2.90. The molecule has 0 amide bonds. The van der Waals surface area contributed by atoms with Gasteiger partial charge in [-0.1, -0.05) is 22.0 Å². The molecule has 0 atom stereocenters. The van der Waals surface area contributed by atoms with Crippen LogP contribution < -0.4 is 4.74 Å². The molecule has 1 N–H and O–H groups in total. The largest absolute Gasteiger partial charge is 0.496 e. The highest BCUT2D eigenvalue weighted by molar-refractivity contribution is 9.10. The lowest BCUT2D eigenvalue weighted by molar-refractivity contribution is 0.414. The van der Waals surface area contributed by atoms with Crippen LogP contribution in [0, 0.1) is 4.77 Å². The summed E-state index contributed by atoms with van der Waals surface area (Å²) < 4.78 is 8.32. The number of nitrogens with one attached hydrogen (secondary N) is 1. The standard InChI is InChI=1S/C14H11BrN4OS2/c1-20-11-5-4-10(15)7-9(11)8-16-19-13(17-18-14(19)21)12-3-2-6-22-12/h2-8H,1H3,(H,18,21)/b16-8+. The second kappa shape index (κ2) is 6.55. The summed E-state index contributed by atoms with van der Waals surface area (Å²) in [6, 6.07) is 9.65. The fourth-order valence-electron chi connectivity index (χ4n) is 1.89. The first-order valence-corrected chi connectivity index (χ1v) is 8.36. The summed E-state index contributed by atoms with van der Waals surface area (Å²) in [4.78, 5) is 0.991. The Kier molecular flexibility index (Phi) is 4.51. The molecular weight excluding hydrogens is 384 g/mol. The Balaban J connectivity index is 2.02. The summed E-state index contributed by atoms with van der Waals surface area (Å²) in [5, 5.41) is 13.4. The fourth-order valence-corrected chi connectivity index (χ4v) is 3.15. The molecule has 112 valence electrons. The van der Waals surface area contributed by atoms with E-state index < -0.39 is 0 Å². The van der Waals surface area contributed by atoms with Crippen LogP contribution in [-0.2, 0) is 0 Å². The lowest BCUT2D eigenvalue weighted by Gasteiger charge is -2.04. The zero-order valence-electron chi connectivity index (χ0n) is 11.5. The Labute approximate surface area is 144 Å². The van der Waals surface area contributed by atoms with Crippen LogP contribution >= 0.6 is 39.5 Å². The summed E-state index contributed by atoms with van der Waals surface area (Å²) in [6.07, 6.45) is 1.70. The average molecular weight is 395 g/mol. The van der Waals surface area contributed by atoms with Crippen LogP contribution in [0.1, 0.15) is 5.56 Å². The molecule has 0 spiro atoms. The highest BCUT2D eigenvalue weighted by atomic mass is 79.9. The van der Waals surface area contributed by atoms with Crippen molar-refractivity contribution in [3.05, 3.63) is 50.5 Å². The van der Waals surface area contributed by atoms with E-state index in [1.807, 2.05) is 35.7 Å². The van der Waals surface area contributed by atoms with Crippen LogP contribution in [0.25, 0.3) is 10.7 Å².